The lowest BCUT2D eigenvalue weighted by Crippen LogP contribution is -2.18. The third kappa shape index (κ3) is 1.55. The van der Waals surface area contributed by atoms with Gasteiger partial charge in [0.05, 0.1) is 5.56 Å². The van der Waals surface area contributed by atoms with Gasteiger partial charge in [-0.15, -0.1) is 0 Å². The second kappa shape index (κ2) is 4.02. The van der Waals surface area contributed by atoms with Gasteiger partial charge in [0.1, 0.15) is 5.82 Å². The topological polar surface area (TPSA) is 25.2 Å². The summed E-state index contributed by atoms with van der Waals surface area (Å²) in [5.41, 5.74) is 2.97. The molecule has 0 spiro atoms. The van der Waals surface area contributed by atoms with Crippen molar-refractivity contribution in [1.29, 1.82) is 0 Å². The first-order chi connectivity index (χ1) is 8.68. The largest absolute Gasteiger partial charge is 0.359 e. The van der Waals surface area contributed by atoms with Crippen molar-refractivity contribution in [1.82, 2.24) is 4.57 Å². The Hall–Kier alpha value is -2.03. The lowest BCUT2D eigenvalue weighted by molar-refractivity contribution is 0.763. The number of likely N-dealkylation sites (N-methyl/N-ethyl adjacent to an activating group) is 1. The number of benzene rings is 1. The first kappa shape index (κ1) is 11.1. The Morgan fingerprint density at radius 1 is 1.11 bits per heavy atom. The Morgan fingerprint density at radius 3 is 2.56 bits per heavy atom. The van der Waals surface area contributed by atoms with E-state index < -0.39 is 0 Å². The fourth-order valence-corrected chi connectivity index (χ4v) is 2.66. The zero-order valence-electron chi connectivity index (χ0n) is 10.7. The van der Waals surface area contributed by atoms with Crippen LogP contribution in [-0.4, -0.2) is 18.2 Å². The van der Waals surface area contributed by atoms with E-state index in [4.69, 9.17) is 0 Å². The highest BCUT2D eigenvalue weighted by molar-refractivity contribution is 5.77. The molecule has 18 heavy (non-hydrogen) atoms. The molecule has 0 amide bonds. The highest BCUT2D eigenvalue weighted by Gasteiger charge is 2.23. The third-order valence-electron chi connectivity index (χ3n) is 3.57. The molecule has 1 aliphatic heterocycles. The van der Waals surface area contributed by atoms with Crippen molar-refractivity contribution in [3.05, 3.63) is 52.3 Å². The molecule has 3 heteroatoms. The number of pyridine rings is 1. The number of nitrogens with zero attached hydrogens (tertiary/aromatic N) is 2. The summed E-state index contributed by atoms with van der Waals surface area (Å²) in [6, 6.07) is 11.7. The summed E-state index contributed by atoms with van der Waals surface area (Å²) in [5, 5.41) is 0. The van der Waals surface area contributed by atoms with Crippen LogP contribution in [0.1, 0.15) is 5.69 Å². The van der Waals surface area contributed by atoms with Crippen LogP contribution >= 0.6 is 0 Å². The summed E-state index contributed by atoms with van der Waals surface area (Å²) < 4.78 is 2.23. The van der Waals surface area contributed by atoms with Gasteiger partial charge >= 0.3 is 0 Å². The number of anilines is 1. The highest BCUT2D eigenvalue weighted by atomic mass is 16.1. The normalized spacial score (nSPS) is 13.8. The van der Waals surface area contributed by atoms with Crippen molar-refractivity contribution < 1.29 is 0 Å². The molecule has 0 saturated carbocycles. The van der Waals surface area contributed by atoms with Crippen LogP contribution in [0.15, 0.2) is 41.2 Å². The predicted octanol–water partition coefficient (Wildman–Crippen LogP) is 2.27. The number of aryl methyl sites for hydroxylation is 1. The minimum absolute atomic E-state index is 0.110. The zero-order chi connectivity index (χ0) is 12.7. The third-order valence-corrected chi connectivity index (χ3v) is 3.57. The number of rotatable bonds is 1. The molecule has 3 nitrogen and oxygen atoms in total. The van der Waals surface area contributed by atoms with E-state index in [2.05, 4.69) is 9.47 Å². The lowest BCUT2D eigenvalue weighted by Gasteiger charge is -2.17. The summed E-state index contributed by atoms with van der Waals surface area (Å²) in [6.07, 6.45) is 0. The molecule has 0 fully saturated rings. The van der Waals surface area contributed by atoms with Gasteiger partial charge in [-0.3, -0.25) is 4.79 Å². The minimum atomic E-state index is 0.110. The van der Waals surface area contributed by atoms with Crippen molar-refractivity contribution in [3.8, 4) is 11.1 Å². The molecule has 1 aromatic carbocycles. The van der Waals surface area contributed by atoms with Crippen LogP contribution in [0.25, 0.3) is 11.1 Å². The minimum Gasteiger partial charge on any atom is -0.359 e. The van der Waals surface area contributed by atoms with Gasteiger partial charge in [-0.05, 0) is 12.5 Å². The molecule has 0 saturated heterocycles. The van der Waals surface area contributed by atoms with Gasteiger partial charge in [-0.2, -0.15) is 0 Å². The monoisotopic (exact) mass is 240 g/mol. The van der Waals surface area contributed by atoms with Crippen LogP contribution in [0.3, 0.4) is 0 Å². The molecule has 0 atom stereocenters. The van der Waals surface area contributed by atoms with Gasteiger partial charge in [0.25, 0.3) is 0 Å². The van der Waals surface area contributed by atoms with Crippen LogP contribution in [0.5, 0.6) is 0 Å². The van der Waals surface area contributed by atoms with E-state index in [0.29, 0.717) is 0 Å². The first-order valence-electron chi connectivity index (χ1n) is 6.19. The Balaban J connectivity index is 2.34. The Kier molecular flexibility index (Phi) is 2.47. The molecule has 1 aliphatic rings. The Morgan fingerprint density at radius 2 is 1.83 bits per heavy atom. The number of aromatic nitrogens is 1. The summed E-state index contributed by atoms with van der Waals surface area (Å²) in [4.78, 5) is 14.5. The van der Waals surface area contributed by atoms with Gasteiger partial charge < -0.3 is 9.47 Å². The molecule has 2 heterocycles. The SMILES string of the molecule is Cc1cc(=O)c(-c2ccccc2)c2n1CCN2C. The fourth-order valence-electron chi connectivity index (χ4n) is 2.66. The maximum atomic E-state index is 12.3. The van der Waals surface area contributed by atoms with Crippen molar-refractivity contribution in [2.24, 2.45) is 0 Å². The molecule has 0 bridgehead atoms. The van der Waals surface area contributed by atoms with Crippen molar-refractivity contribution in [2.75, 3.05) is 18.5 Å². The maximum Gasteiger partial charge on any atom is 0.191 e. The maximum absolute atomic E-state index is 12.3. The van der Waals surface area contributed by atoms with Gasteiger partial charge in [0.15, 0.2) is 5.43 Å². The molecular formula is C15H16N2O. The van der Waals surface area contributed by atoms with Crippen molar-refractivity contribution in [2.45, 2.75) is 13.5 Å². The van der Waals surface area contributed by atoms with E-state index in [0.717, 1.165) is 35.7 Å². The van der Waals surface area contributed by atoms with Crippen molar-refractivity contribution >= 4 is 5.82 Å². The summed E-state index contributed by atoms with van der Waals surface area (Å²) in [5.74, 6) is 1.05. The second-order valence-electron chi connectivity index (χ2n) is 4.79. The summed E-state index contributed by atoms with van der Waals surface area (Å²) in [6.45, 7) is 3.92. The molecule has 0 aliphatic carbocycles. The van der Waals surface area contributed by atoms with Gasteiger partial charge in [0.2, 0.25) is 0 Å². The van der Waals surface area contributed by atoms with Gasteiger partial charge in [-0.1, -0.05) is 30.3 Å². The molecule has 0 radical (unpaired) electrons. The van der Waals surface area contributed by atoms with E-state index in [9.17, 15) is 4.79 Å². The fraction of sp³-hybridized carbons (Fsp3) is 0.267. The Bertz CT molecular complexity index is 644. The summed E-state index contributed by atoms with van der Waals surface area (Å²) in [7, 11) is 2.05. The molecule has 1 aromatic heterocycles. The molecule has 3 rings (SSSR count). The van der Waals surface area contributed by atoms with Crippen LogP contribution < -0.4 is 10.3 Å². The van der Waals surface area contributed by atoms with Crippen LogP contribution in [0.2, 0.25) is 0 Å². The molecule has 0 unspecified atom stereocenters. The Labute approximate surface area is 106 Å². The number of hydrogen-bond acceptors (Lipinski definition) is 2. The van der Waals surface area contributed by atoms with E-state index in [1.54, 1.807) is 6.07 Å². The first-order valence-corrected chi connectivity index (χ1v) is 6.19. The van der Waals surface area contributed by atoms with Gasteiger partial charge in [0, 0.05) is 31.9 Å². The van der Waals surface area contributed by atoms with E-state index >= 15 is 0 Å². The van der Waals surface area contributed by atoms with Crippen LogP contribution in [-0.2, 0) is 6.54 Å². The molecule has 2 aromatic rings. The standard InChI is InChI=1S/C15H16N2O/c1-11-10-13(18)14(12-6-4-3-5-7-12)15-16(2)8-9-17(11)15/h3-7,10H,8-9H2,1-2H3. The molecule has 92 valence electrons. The zero-order valence-corrected chi connectivity index (χ0v) is 10.7. The average molecular weight is 240 g/mol. The quantitative estimate of drug-likeness (QED) is 0.764. The van der Waals surface area contributed by atoms with E-state index in [1.807, 2.05) is 44.3 Å². The molecular weight excluding hydrogens is 224 g/mol. The molecule has 0 N–H and O–H groups in total. The lowest BCUT2D eigenvalue weighted by atomic mass is 10.1. The van der Waals surface area contributed by atoms with E-state index in [1.165, 1.54) is 0 Å². The predicted molar refractivity (Wildman–Crippen MR) is 74.1 cm³/mol. The second-order valence-corrected chi connectivity index (χ2v) is 4.79. The van der Waals surface area contributed by atoms with Crippen LogP contribution in [0.4, 0.5) is 5.82 Å². The average Bonchev–Trinajstić information content (AvgIpc) is 2.74. The smallest absolute Gasteiger partial charge is 0.191 e. The number of fused-ring (bicyclic) bond motifs is 1. The number of hydrogen-bond donors (Lipinski definition) is 0. The highest BCUT2D eigenvalue weighted by Crippen LogP contribution is 2.31. The summed E-state index contributed by atoms with van der Waals surface area (Å²) >= 11 is 0. The van der Waals surface area contributed by atoms with Crippen LogP contribution in [0, 0.1) is 6.92 Å². The van der Waals surface area contributed by atoms with Crippen molar-refractivity contribution in [3.63, 3.8) is 0 Å². The van der Waals surface area contributed by atoms with Gasteiger partial charge in [-0.25, -0.2) is 0 Å². The van der Waals surface area contributed by atoms with E-state index in [-0.39, 0.29) is 5.43 Å².